The van der Waals surface area contributed by atoms with Gasteiger partial charge in [0.15, 0.2) is 6.10 Å². The van der Waals surface area contributed by atoms with Gasteiger partial charge in [-0.3, -0.25) is 4.98 Å². The largest absolute Gasteiger partial charge is 0.479 e. The first-order valence-electron chi connectivity index (χ1n) is 8.52. The molecule has 0 spiro atoms. The van der Waals surface area contributed by atoms with E-state index in [1.165, 1.54) is 0 Å². The number of hydrogen-bond acceptors (Lipinski definition) is 3. The number of aryl methyl sites for hydroxylation is 1. The molecule has 2 aromatic carbocycles. The fraction of sp³-hybridized carbons (Fsp3) is 0.182. The highest BCUT2D eigenvalue weighted by molar-refractivity contribution is 9.10. The number of carboxylic acids is 1. The van der Waals surface area contributed by atoms with Crippen LogP contribution in [-0.4, -0.2) is 22.7 Å². The molecule has 6 heteroatoms. The molecular formula is C22H17BrClNO3. The van der Waals surface area contributed by atoms with E-state index in [1.807, 2.05) is 30.3 Å². The van der Waals surface area contributed by atoms with Gasteiger partial charge in [-0.1, -0.05) is 45.6 Å². The van der Waals surface area contributed by atoms with E-state index in [4.69, 9.17) is 16.3 Å². The smallest absolute Gasteiger partial charge is 0.337 e. The molecular weight excluding hydrogens is 442 g/mol. The maximum atomic E-state index is 12.1. The number of rotatable bonds is 5. The van der Waals surface area contributed by atoms with Crippen LogP contribution in [0.4, 0.5) is 0 Å². The van der Waals surface area contributed by atoms with Gasteiger partial charge in [-0.25, -0.2) is 4.79 Å². The molecule has 1 atom stereocenters. The summed E-state index contributed by atoms with van der Waals surface area (Å²) in [6.07, 6.45) is -1.19. The number of aromatic nitrogens is 1. The first-order chi connectivity index (χ1) is 13.4. The molecule has 0 saturated heterocycles. The third-order valence-corrected chi connectivity index (χ3v) is 5.04. The van der Waals surface area contributed by atoms with Crippen molar-refractivity contribution in [3.05, 3.63) is 63.2 Å². The third-order valence-electron chi connectivity index (χ3n) is 4.29. The number of carboxylic acid groups (broad SMARTS) is 1. The Labute approximate surface area is 176 Å². The van der Waals surface area contributed by atoms with E-state index < -0.39 is 12.1 Å². The van der Waals surface area contributed by atoms with E-state index in [0.29, 0.717) is 16.3 Å². The molecule has 3 aromatic rings. The van der Waals surface area contributed by atoms with Crippen LogP contribution in [0.3, 0.4) is 0 Å². The van der Waals surface area contributed by atoms with Crippen LogP contribution in [0.25, 0.3) is 22.0 Å². The first kappa shape index (κ1) is 20.3. The van der Waals surface area contributed by atoms with E-state index in [-0.39, 0.29) is 6.61 Å². The van der Waals surface area contributed by atoms with Crippen LogP contribution in [0.1, 0.15) is 24.3 Å². The number of ether oxygens (including phenoxy) is 1. The van der Waals surface area contributed by atoms with Gasteiger partial charge in [-0.2, -0.15) is 0 Å². The number of hydrogen-bond donors (Lipinski definition) is 1. The molecule has 3 rings (SSSR count). The van der Waals surface area contributed by atoms with Crippen LogP contribution in [0, 0.1) is 18.8 Å². The zero-order chi connectivity index (χ0) is 20.3. The molecule has 1 N–H and O–H groups in total. The van der Waals surface area contributed by atoms with Crippen LogP contribution in [0.2, 0.25) is 5.02 Å². The molecule has 0 aliphatic rings. The Balaban J connectivity index is 2.34. The second kappa shape index (κ2) is 8.74. The third kappa shape index (κ3) is 4.20. The Kier molecular flexibility index (Phi) is 6.35. The average Bonchev–Trinajstić information content (AvgIpc) is 2.66. The topological polar surface area (TPSA) is 59.4 Å². The number of carbonyl (C=O) groups is 1. The molecule has 0 saturated carbocycles. The van der Waals surface area contributed by atoms with Crippen molar-refractivity contribution in [1.82, 2.24) is 4.98 Å². The molecule has 1 heterocycles. The molecule has 0 aliphatic carbocycles. The summed E-state index contributed by atoms with van der Waals surface area (Å²) >= 11 is 9.55. The van der Waals surface area contributed by atoms with Crippen LogP contribution in [-0.2, 0) is 9.53 Å². The number of benzene rings is 2. The van der Waals surface area contributed by atoms with Crippen molar-refractivity contribution in [2.45, 2.75) is 20.0 Å². The van der Waals surface area contributed by atoms with Gasteiger partial charge in [0.2, 0.25) is 0 Å². The molecule has 0 bridgehead atoms. The van der Waals surface area contributed by atoms with Crippen molar-refractivity contribution >= 4 is 44.4 Å². The molecule has 142 valence electrons. The van der Waals surface area contributed by atoms with Gasteiger partial charge in [0.05, 0.1) is 5.52 Å². The van der Waals surface area contributed by atoms with Crippen LogP contribution >= 0.6 is 27.5 Å². The number of aliphatic carboxylic acids is 1. The van der Waals surface area contributed by atoms with E-state index in [1.54, 1.807) is 26.0 Å². The molecule has 0 fully saturated rings. The zero-order valence-corrected chi connectivity index (χ0v) is 17.6. The minimum atomic E-state index is -1.19. The normalized spacial score (nSPS) is 11.7. The van der Waals surface area contributed by atoms with Gasteiger partial charge < -0.3 is 9.84 Å². The summed E-state index contributed by atoms with van der Waals surface area (Å²) in [5.41, 5.74) is 3.48. The minimum Gasteiger partial charge on any atom is -0.479 e. The average molecular weight is 459 g/mol. The lowest BCUT2D eigenvalue weighted by atomic mass is 9.91. The van der Waals surface area contributed by atoms with Gasteiger partial charge in [-0.05, 0) is 55.3 Å². The van der Waals surface area contributed by atoms with Crippen molar-refractivity contribution in [3.63, 3.8) is 0 Å². The molecule has 4 nitrogen and oxygen atoms in total. The second-order valence-electron chi connectivity index (χ2n) is 6.11. The van der Waals surface area contributed by atoms with Crippen LogP contribution in [0.15, 0.2) is 46.9 Å². The lowest BCUT2D eigenvalue weighted by Gasteiger charge is -2.21. The molecule has 0 radical (unpaired) electrons. The number of pyridine rings is 1. The highest BCUT2D eigenvalue weighted by atomic mass is 79.9. The van der Waals surface area contributed by atoms with Gasteiger partial charge in [0, 0.05) is 26.1 Å². The van der Waals surface area contributed by atoms with Crippen molar-refractivity contribution in [1.29, 1.82) is 0 Å². The van der Waals surface area contributed by atoms with Gasteiger partial charge in [0.1, 0.15) is 6.61 Å². The highest BCUT2D eigenvalue weighted by Crippen LogP contribution is 2.39. The molecule has 1 aromatic heterocycles. The Bertz CT molecular complexity index is 1100. The lowest BCUT2D eigenvalue weighted by Crippen LogP contribution is -2.18. The molecule has 0 aliphatic heterocycles. The maximum Gasteiger partial charge on any atom is 0.337 e. The first-order valence-corrected chi connectivity index (χ1v) is 9.69. The summed E-state index contributed by atoms with van der Waals surface area (Å²) in [5, 5.41) is 11.3. The van der Waals surface area contributed by atoms with E-state index in [0.717, 1.165) is 26.5 Å². The fourth-order valence-corrected chi connectivity index (χ4v) is 3.58. The van der Waals surface area contributed by atoms with Crippen molar-refractivity contribution in [2.75, 3.05) is 6.61 Å². The fourth-order valence-electron chi connectivity index (χ4n) is 3.10. The molecule has 1 unspecified atom stereocenters. The minimum absolute atomic E-state index is 0.0173. The Morgan fingerprint density at radius 3 is 2.64 bits per heavy atom. The summed E-state index contributed by atoms with van der Waals surface area (Å²) in [6, 6.07) is 13.0. The summed E-state index contributed by atoms with van der Waals surface area (Å²) in [7, 11) is 0. The summed E-state index contributed by atoms with van der Waals surface area (Å²) in [5.74, 6) is 4.38. The summed E-state index contributed by atoms with van der Waals surface area (Å²) < 4.78 is 6.50. The quantitative estimate of drug-likeness (QED) is 0.492. The van der Waals surface area contributed by atoms with E-state index in [2.05, 4.69) is 32.8 Å². The van der Waals surface area contributed by atoms with Gasteiger partial charge >= 0.3 is 5.97 Å². The Morgan fingerprint density at radius 2 is 2.00 bits per heavy atom. The monoisotopic (exact) mass is 457 g/mol. The van der Waals surface area contributed by atoms with Crippen molar-refractivity contribution in [2.24, 2.45) is 0 Å². The SMILES string of the molecule is CC#CCOC(C(=O)O)c1c(C)nc2ccc(Br)cc2c1-c1ccc(Cl)cc1. The maximum absolute atomic E-state index is 12.1. The summed E-state index contributed by atoms with van der Waals surface area (Å²) in [4.78, 5) is 16.7. The molecule has 28 heavy (non-hydrogen) atoms. The van der Waals surface area contributed by atoms with E-state index in [9.17, 15) is 9.90 Å². The highest BCUT2D eigenvalue weighted by Gasteiger charge is 2.28. The predicted molar refractivity (Wildman–Crippen MR) is 114 cm³/mol. The van der Waals surface area contributed by atoms with Gasteiger partial charge in [-0.15, -0.1) is 5.92 Å². The Hall–Kier alpha value is -2.39. The zero-order valence-electron chi connectivity index (χ0n) is 15.3. The predicted octanol–water partition coefficient (Wildman–Crippen LogP) is 5.79. The number of nitrogens with zero attached hydrogens (tertiary/aromatic N) is 1. The Morgan fingerprint density at radius 1 is 1.29 bits per heavy atom. The van der Waals surface area contributed by atoms with Crippen LogP contribution < -0.4 is 0 Å². The summed E-state index contributed by atoms with van der Waals surface area (Å²) in [6.45, 7) is 3.49. The standard InChI is InChI=1S/C22H17BrClNO3/c1-3-4-11-28-21(22(26)27)19-13(2)25-18-10-7-15(23)12-17(18)20(19)14-5-8-16(24)9-6-14/h5-10,12,21H,11H2,1-2H3,(H,26,27). The molecule has 0 amide bonds. The number of fused-ring (bicyclic) bond motifs is 1. The van der Waals surface area contributed by atoms with Gasteiger partial charge in [0.25, 0.3) is 0 Å². The van der Waals surface area contributed by atoms with Crippen molar-refractivity contribution < 1.29 is 14.6 Å². The second-order valence-corrected chi connectivity index (χ2v) is 7.46. The van der Waals surface area contributed by atoms with Crippen LogP contribution in [0.5, 0.6) is 0 Å². The van der Waals surface area contributed by atoms with E-state index >= 15 is 0 Å². The number of halogens is 2. The van der Waals surface area contributed by atoms with Crippen molar-refractivity contribution in [3.8, 4) is 23.0 Å². The lowest BCUT2D eigenvalue weighted by molar-refractivity contribution is -0.149.